The van der Waals surface area contributed by atoms with Gasteiger partial charge in [0.2, 0.25) is 11.8 Å². The molecule has 1 aliphatic heterocycles. The van der Waals surface area contributed by atoms with Crippen molar-refractivity contribution in [1.82, 2.24) is 10.6 Å². The van der Waals surface area contributed by atoms with Crippen molar-refractivity contribution in [1.29, 1.82) is 0 Å². The number of benzene rings is 3. The molecule has 5 N–H and O–H groups in total. The van der Waals surface area contributed by atoms with Crippen molar-refractivity contribution in [3.63, 3.8) is 0 Å². The van der Waals surface area contributed by atoms with Gasteiger partial charge >= 0.3 is 12.2 Å². The maximum absolute atomic E-state index is 13.6. The largest absolute Gasteiger partial charge is 0.514 e. The summed E-state index contributed by atoms with van der Waals surface area (Å²) in [5.41, 5.74) is 7.28. The Morgan fingerprint density at radius 3 is 1.94 bits per heavy atom. The molecule has 0 fully saturated rings. The molecule has 6 amide bonds. The number of rotatable bonds is 28. The zero-order valence-electron chi connectivity index (χ0n) is 37.7. The van der Waals surface area contributed by atoms with Gasteiger partial charge in [0, 0.05) is 47.8 Å². The molecule has 0 radical (unpaired) electrons. The average molecular weight is 933 g/mol. The van der Waals surface area contributed by atoms with Crippen LogP contribution in [0.5, 0.6) is 11.5 Å². The number of anilines is 2. The van der Waals surface area contributed by atoms with Gasteiger partial charge in [0.05, 0.1) is 49.7 Å². The second-order valence-corrected chi connectivity index (χ2v) is 15.5. The number of ether oxygens (including phenoxy) is 6. The first-order chi connectivity index (χ1) is 32.0. The molecule has 360 valence electrons. The molecule has 67 heavy (non-hydrogen) atoms. The summed E-state index contributed by atoms with van der Waals surface area (Å²) in [5, 5.41) is 18.8. The Labute approximate surface area is 386 Å². The standard InChI is InChI=1S/C46H56N6O15/c1-29(2)41(50-40(54)28-64-23-22-62-20-21-63-24-25-65-37-15-11-35(12-16-37)51-43(56)30(3)31(4)44(51)57)39(53)26-33(6-5-19-48-45(47)58)42(55)49-34-9-7-32(8-10-34)27-66-46(59)67-38-17-13-36(14-18-38)52(60)61/h7-18,29,33,41H,5-6,19-28H2,1-4H3,(H,49,55)(H,50,54)(H3,47,48,58)/t33-,41+/m1/s1. The zero-order chi connectivity index (χ0) is 48.9. The van der Waals surface area contributed by atoms with Gasteiger partial charge in [0.1, 0.15) is 31.3 Å². The number of nitro groups is 1. The Bertz CT molecular complexity index is 2210. The van der Waals surface area contributed by atoms with Gasteiger partial charge in [-0.1, -0.05) is 26.0 Å². The lowest BCUT2D eigenvalue weighted by Gasteiger charge is -2.24. The molecule has 0 aliphatic carbocycles. The number of hydrogen-bond acceptors (Lipinski definition) is 15. The number of non-ortho nitro benzene ring substituents is 1. The molecular weight excluding hydrogens is 877 g/mol. The number of nitrogens with zero attached hydrogens (tertiary/aromatic N) is 2. The first kappa shape index (κ1) is 52.4. The minimum absolute atomic E-state index is 0.0606. The number of nitrogens with one attached hydrogen (secondary N) is 3. The third-order valence-electron chi connectivity index (χ3n) is 10.2. The number of nitrogens with two attached hydrogens (primary N) is 1. The van der Waals surface area contributed by atoms with E-state index in [1.165, 1.54) is 24.3 Å². The normalized spacial score (nSPS) is 13.2. The van der Waals surface area contributed by atoms with Crippen molar-refractivity contribution in [3.8, 4) is 11.5 Å². The van der Waals surface area contributed by atoms with Crippen LogP contribution in [0.15, 0.2) is 83.9 Å². The number of amides is 6. The van der Waals surface area contributed by atoms with Gasteiger partial charge in [0.25, 0.3) is 17.5 Å². The second-order valence-electron chi connectivity index (χ2n) is 15.5. The Kier molecular flexibility index (Phi) is 20.8. The molecule has 0 bridgehead atoms. The molecule has 3 aromatic carbocycles. The molecule has 21 nitrogen and oxygen atoms in total. The Hall–Kier alpha value is -7.23. The highest BCUT2D eigenvalue weighted by molar-refractivity contribution is 6.32. The molecule has 0 aromatic heterocycles. The minimum Gasteiger partial charge on any atom is -0.491 e. The Morgan fingerprint density at radius 2 is 1.36 bits per heavy atom. The SMILES string of the molecule is CC1=C(C)C(=O)N(c2ccc(OCCOCCOCCOCC(=O)N[C@H](C(=O)C[C@@H](CCCNC(N)=O)C(=O)Nc3ccc(COC(=O)Oc4ccc([N+](=O)[O-])cc4)cc3)C(C)C)cc2)C1=O. The van der Waals surface area contributed by atoms with E-state index in [0.717, 1.165) is 4.90 Å². The van der Waals surface area contributed by atoms with Gasteiger partial charge in [-0.05, 0) is 86.7 Å². The lowest BCUT2D eigenvalue weighted by Crippen LogP contribution is -2.47. The number of nitro benzene ring substituents is 1. The molecule has 0 saturated carbocycles. The van der Waals surface area contributed by atoms with Gasteiger partial charge in [-0.2, -0.15) is 0 Å². The molecule has 4 rings (SSSR count). The van der Waals surface area contributed by atoms with Crippen molar-refractivity contribution in [2.24, 2.45) is 17.6 Å². The molecule has 21 heteroatoms. The number of carbonyl (C=O) groups is 7. The van der Waals surface area contributed by atoms with Crippen LogP contribution in [0, 0.1) is 22.0 Å². The third-order valence-corrected chi connectivity index (χ3v) is 10.2. The lowest BCUT2D eigenvalue weighted by molar-refractivity contribution is -0.384. The lowest BCUT2D eigenvalue weighted by atomic mass is 9.89. The molecule has 1 heterocycles. The van der Waals surface area contributed by atoms with E-state index >= 15 is 0 Å². The molecule has 0 spiro atoms. The van der Waals surface area contributed by atoms with Crippen molar-refractivity contribution < 1.29 is 66.9 Å². The summed E-state index contributed by atoms with van der Waals surface area (Å²) in [6, 6.07) is 16.2. The molecule has 3 aromatic rings. The van der Waals surface area contributed by atoms with E-state index in [9.17, 15) is 43.7 Å². The maximum Gasteiger partial charge on any atom is 0.514 e. The number of primary amides is 1. The highest BCUT2D eigenvalue weighted by atomic mass is 16.7. The fraction of sp³-hybridized carbons (Fsp3) is 0.413. The maximum atomic E-state index is 13.6. The Balaban J connectivity index is 1.13. The third kappa shape index (κ3) is 17.3. The predicted molar refractivity (Wildman–Crippen MR) is 241 cm³/mol. The van der Waals surface area contributed by atoms with E-state index in [-0.39, 0.29) is 107 Å². The number of imide groups is 1. The van der Waals surface area contributed by atoms with E-state index in [1.54, 1.807) is 76.2 Å². The highest BCUT2D eigenvalue weighted by Gasteiger charge is 2.34. The average Bonchev–Trinajstić information content (AvgIpc) is 3.49. The topological polar surface area (TPSA) is 283 Å². The summed E-state index contributed by atoms with van der Waals surface area (Å²) >= 11 is 0. The van der Waals surface area contributed by atoms with Crippen LogP contribution in [-0.2, 0) is 49.5 Å². The first-order valence-corrected chi connectivity index (χ1v) is 21.4. The van der Waals surface area contributed by atoms with Crippen molar-refractivity contribution in [2.75, 3.05) is 63.0 Å². The summed E-state index contributed by atoms with van der Waals surface area (Å²) in [6.07, 6.45) is -0.699. The number of carbonyl (C=O) groups excluding carboxylic acids is 7. The van der Waals surface area contributed by atoms with Crippen LogP contribution in [0.25, 0.3) is 0 Å². The summed E-state index contributed by atoms with van der Waals surface area (Å²) in [7, 11) is 0. The van der Waals surface area contributed by atoms with E-state index in [0.29, 0.717) is 40.3 Å². The van der Waals surface area contributed by atoms with E-state index < -0.39 is 40.9 Å². The number of ketones is 1. The smallest absolute Gasteiger partial charge is 0.491 e. The summed E-state index contributed by atoms with van der Waals surface area (Å²) in [4.78, 5) is 99.4. The summed E-state index contributed by atoms with van der Waals surface area (Å²) in [5.74, 6) is -2.60. The molecule has 2 atom stereocenters. The van der Waals surface area contributed by atoms with Crippen LogP contribution < -0.4 is 36.1 Å². The van der Waals surface area contributed by atoms with E-state index in [2.05, 4.69) is 16.0 Å². The van der Waals surface area contributed by atoms with Gasteiger partial charge in [0.15, 0.2) is 5.78 Å². The van der Waals surface area contributed by atoms with Crippen molar-refractivity contribution in [3.05, 3.63) is 99.6 Å². The molecule has 0 saturated heterocycles. The fourth-order valence-corrected chi connectivity index (χ4v) is 6.42. The minimum atomic E-state index is -1.03. The van der Waals surface area contributed by atoms with Gasteiger partial charge in [-0.3, -0.25) is 34.1 Å². The monoisotopic (exact) mass is 932 g/mol. The van der Waals surface area contributed by atoms with E-state index in [4.69, 9.17) is 34.2 Å². The second kappa shape index (κ2) is 26.7. The highest BCUT2D eigenvalue weighted by Crippen LogP contribution is 2.28. The van der Waals surface area contributed by atoms with E-state index in [1.807, 2.05) is 0 Å². The quantitative estimate of drug-likeness (QED) is 0.0191. The van der Waals surface area contributed by atoms with Crippen molar-refractivity contribution >= 4 is 58.7 Å². The fourth-order valence-electron chi connectivity index (χ4n) is 6.42. The zero-order valence-corrected chi connectivity index (χ0v) is 37.7. The van der Waals surface area contributed by atoms with Gasteiger partial charge in [-0.25, -0.2) is 14.5 Å². The predicted octanol–water partition coefficient (Wildman–Crippen LogP) is 4.75. The van der Waals surface area contributed by atoms with Gasteiger partial charge in [-0.15, -0.1) is 0 Å². The van der Waals surface area contributed by atoms with Crippen LogP contribution in [-0.4, -0.2) is 105 Å². The molecular formula is C46H56N6O15. The number of urea groups is 1. The molecule has 1 aliphatic rings. The summed E-state index contributed by atoms with van der Waals surface area (Å²) < 4.78 is 32.3. The van der Waals surface area contributed by atoms with Crippen molar-refractivity contribution in [2.45, 2.75) is 59.6 Å². The first-order valence-electron chi connectivity index (χ1n) is 21.4. The van der Waals surface area contributed by atoms with Crippen LogP contribution in [0.1, 0.15) is 52.5 Å². The number of hydrogen-bond donors (Lipinski definition) is 4. The Morgan fingerprint density at radius 1 is 0.776 bits per heavy atom. The molecule has 0 unspecified atom stereocenters. The van der Waals surface area contributed by atoms with Crippen LogP contribution >= 0.6 is 0 Å². The van der Waals surface area contributed by atoms with Crippen LogP contribution in [0.3, 0.4) is 0 Å². The van der Waals surface area contributed by atoms with Gasteiger partial charge < -0.3 is 50.1 Å². The summed E-state index contributed by atoms with van der Waals surface area (Å²) in [6.45, 7) is 7.81. The van der Waals surface area contributed by atoms with Crippen LogP contribution in [0.2, 0.25) is 0 Å². The van der Waals surface area contributed by atoms with Crippen LogP contribution in [0.4, 0.5) is 26.7 Å². The number of Topliss-reactive ketones (excluding diaryl/α,β-unsaturated/α-hetero) is 1.